The largest absolute Gasteiger partial charge is 0.383 e. The van der Waals surface area contributed by atoms with E-state index in [-0.39, 0.29) is 23.1 Å². The van der Waals surface area contributed by atoms with Crippen LogP contribution >= 0.6 is 0 Å². The number of aryl methyl sites for hydroxylation is 1. The summed E-state index contributed by atoms with van der Waals surface area (Å²) in [5, 5.41) is 13.0. The molecule has 1 aromatic carbocycles. The van der Waals surface area contributed by atoms with E-state index in [2.05, 4.69) is 21.4 Å². The Hall–Kier alpha value is -3.26. The smallest absolute Gasteiger partial charge is 0.259 e. The second-order valence-electron chi connectivity index (χ2n) is 7.65. The van der Waals surface area contributed by atoms with Crippen LogP contribution in [0.4, 0.5) is 11.6 Å². The minimum atomic E-state index is 0.0277. The molecular weight excluding hydrogens is 404 g/mol. The third kappa shape index (κ3) is 4.65. The van der Waals surface area contributed by atoms with Crippen molar-refractivity contribution in [3.63, 3.8) is 0 Å². The number of nitrogen functional groups attached to an aromatic ring is 1. The highest BCUT2D eigenvalue weighted by atomic mass is 16.5. The fourth-order valence-electron chi connectivity index (χ4n) is 4.16. The summed E-state index contributed by atoms with van der Waals surface area (Å²) in [6.07, 6.45) is 2.98. The van der Waals surface area contributed by atoms with Crippen molar-refractivity contribution in [1.82, 2.24) is 14.5 Å². The van der Waals surface area contributed by atoms with Gasteiger partial charge in [0.15, 0.2) is 0 Å². The zero-order valence-electron chi connectivity index (χ0n) is 19.2. The molecule has 3 aromatic rings. The number of hydrogen-bond acceptors (Lipinski definition) is 7. The van der Waals surface area contributed by atoms with Gasteiger partial charge in [-0.25, -0.2) is 9.97 Å². The number of fused-ring (bicyclic) bond motifs is 1. The van der Waals surface area contributed by atoms with Crippen molar-refractivity contribution in [3.05, 3.63) is 57.8 Å². The third-order valence-electron chi connectivity index (χ3n) is 5.61. The first-order valence-electron chi connectivity index (χ1n) is 11.1. The fourth-order valence-corrected chi connectivity index (χ4v) is 4.16. The molecule has 0 saturated carbocycles. The summed E-state index contributed by atoms with van der Waals surface area (Å²) in [5.74, 6) is 0.751. The van der Waals surface area contributed by atoms with E-state index >= 15 is 0 Å². The molecule has 8 nitrogen and oxygen atoms in total. The van der Waals surface area contributed by atoms with Crippen molar-refractivity contribution in [2.24, 2.45) is 0 Å². The lowest BCUT2D eigenvalue weighted by Crippen LogP contribution is -2.32. The molecule has 170 valence electrons. The second kappa shape index (κ2) is 10.4. The molecule has 0 unspecified atom stereocenters. The molecule has 1 aliphatic heterocycles. The standard InChI is InChI=1S/C22H26N6O2.C2H6/c1-13-4-3-5-15-10-17(11-25-21-19(14(2)23)20(24)26-12-27-21)28(22(29)18(13)15)16-6-8-30-9-7-16;1-2/h3-5,10,12,16,23H,6-9,11H2,1-2H3,(H3,24,25,26,27);1-2H3. The van der Waals surface area contributed by atoms with Crippen LogP contribution in [0.2, 0.25) is 0 Å². The maximum absolute atomic E-state index is 13.5. The highest BCUT2D eigenvalue weighted by Gasteiger charge is 2.22. The molecule has 0 spiro atoms. The predicted octanol–water partition coefficient (Wildman–Crippen LogP) is 4.06. The molecule has 0 aliphatic carbocycles. The van der Waals surface area contributed by atoms with Crippen LogP contribution in [-0.2, 0) is 11.3 Å². The first-order valence-corrected chi connectivity index (χ1v) is 11.1. The second-order valence-corrected chi connectivity index (χ2v) is 7.65. The normalized spacial score (nSPS) is 14.0. The maximum Gasteiger partial charge on any atom is 0.259 e. The van der Waals surface area contributed by atoms with Crippen molar-refractivity contribution < 1.29 is 4.74 Å². The van der Waals surface area contributed by atoms with Gasteiger partial charge >= 0.3 is 0 Å². The number of anilines is 2. The predicted molar refractivity (Wildman–Crippen MR) is 130 cm³/mol. The first kappa shape index (κ1) is 23.4. The van der Waals surface area contributed by atoms with Gasteiger partial charge in [0, 0.05) is 30.7 Å². The van der Waals surface area contributed by atoms with Crippen LogP contribution in [-0.4, -0.2) is 33.5 Å². The first-order chi connectivity index (χ1) is 15.5. The summed E-state index contributed by atoms with van der Waals surface area (Å²) in [4.78, 5) is 21.8. The van der Waals surface area contributed by atoms with Gasteiger partial charge in [0.05, 0.1) is 17.5 Å². The van der Waals surface area contributed by atoms with Gasteiger partial charge in [0.25, 0.3) is 5.56 Å². The summed E-state index contributed by atoms with van der Waals surface area (Å²) in [6, 6.07) is 8.06. The van der Waals surface area contributed by atoms with Gasteiger partial charge in [-0.3, -0.25) is 4.79 Å². The van der Waals surface area contributed by atoms with Gasteiger partial charge in [-0.05, 0) is 43.7 Å². The number of nitrogens with two attached hydrogens (primary N) is 1. The molecule has 8 heteroatoms. The van der Waals surface area contributed by atoms with Gasteiger partial charge in [0.1, 0.15) is 18.0 Å². The third-order valence-corrected chi connectivity index (χ3v) is 5.61. The van der Waals surface area contributed by atoms with E-state index in [1.165, 1.54) is 6.33 Å². The maximum atomic E-state index is 13.5. The summed E-state index contributed by atoms with van der Waals surface area (Å²) in [7, 11) is 0. The minimum absolute atomic E-state index is 0.0277. The van der Waals surface area contributed by atoms with E-state index < -0.39 is 0 Å². The Morgan fingerprint density at radius 2 is 2.00 bits per heavy atom. The molecule has 0 radical (unpaired) electrons. The van der Waals surface area contributed by atoms with Gasteiger partial charge < -0.3 is 25.8 Å². The lowest BCUT2D eigenvalue weighted by atomic mass is 10.0. The van der Waals surface area contributed by atoms with Gasteiger partial charge in [-0.1, -0.05) is 32.0 Å². The van der Waals surface area contributed by atoms with Gasteiger partial charge in [0.2, 0.25) is 0 Å². The quantitative estimate of drug-likeness (QED) is 0.519. The van der Waals surface area contributed by atoms with Gasteiger partial charge in [-0.15, -0.1) is 0 Å². The molecular formula is C24H32N6O2. The SMILES string of the molecule is CC.CC(=N)c1c(N)ncnc1NCc1cc2cccc(C)c2c(=O)n1C1CCOCC1. The van der Waals surface area contributed by atoms with Gasteiger partial charge in [-0.2, -0.15) is 0 Å². The zero-order chi connectivity index (χ0) is 23.3. The molecule has 0 amide bonds. The molecule has 1 aliphatic rings. The monoisotopic (exact) mass is 436 g/mol. The van der Waals surface area contributed by atoms with Crippen LogP contribution in [0.3, 0.4) is 0 Å². The number of nitrogens with zero attached hydrogens (tertiary/aromatic N) is 3. The van der Waals surface area contributed by atoms with E-state index in [0.29, 0.717) is 31.1 Å². The van der Waals surface area contributed by atoms with E-state index in [1.54, 1.807) is 6.92 Å². The van der Waals surface area contributed by atoms with Crippen molar-refractivity contribution in [2.75, 3.05) is 24.3 Å². The average Bonchev–Trinajstić information content (AvgIpc) is 2.79. The molecule has 3 heterocycles. The van der Waals surface area contributed by atoms with Crippen LogP contribution in [0.5, 0.6) is 0 Å². The summed E-state index contributed by atoms with van der Waals surface area (Å²) < 4.78 is 7.42. The highest BCUT2D eigenvalue weighted by molar-refractivity contribution is 6.04. The van der Waals surface area contributed by atoms with Crippen molar-refractivity contribution >= 4 is 28.1 Å². The average molecular weight is 437 g/mol. The lowest BCUT2D eigenvalue weighted by molar-refractivity contribution is 0.0681. The Morgan fingerprint density at radius 3 is 2.69 bits per heavy atom. The molecule has 4 rings (SSSR count). The number of ether oxygens (including phenoxy) is 1. The summed E-state index contributed by atoms with van der Waals surface area (Å²) in [6.45, 7) is 9.30. The summed E-state index contributed by atoms with van der Waals surface area (Å²) >= 11 is 0. The Morgan fingerprint density at radius 1 is 1.28 bits per heavy atom. The number of hydrogen-bond donors (Lipinski definition) is 3. The van der Waals surface area contributed by atoms with E-state index in [9.17, 15) is 4.79 Å². The molecule has 1 saturated heterocycles. The van der Waals surface area contributed by atoms with Crippen LogP contribution < -0.4 is 16.6 Å². The molecule has 4 N–H and O–H groups in total. The number of benzene rings is 1. The molecule has 0 bridgehead atoms. The molecule has 32 heavy (non-hydrogen) atoms. The van der Waals surface area contributed by atoms with Crippen LogP contribution in [0, 0.1) is 12.3 Å². The minimum Gasteiger partial charge on any atom is -0.383 e. The Balaban J connectivity index is 0.00000141. The van der Waals surface area contributed by atoms with Crippen LogP contribution in [0.25, 0.3) is 10.8 Å². The fraction of sp³-hybridized carbons (Fsp3) is 0.417. The van der Waals surface area contributed by atoms with Crippen molar-refractivity contribution in [2.45, 2.75) is 53.1 Å². The highest BCUT2D eigenvalue weighted by Crippen LogP contribution is 2.25. The number of rotatable bonds is 5. The molecule has 2 aromatic heterocycles. The molecule has 0 atom stereocenters. The Kier molecular flexibility index (Phi) is 7.58. The lowest BCUT2D eigenvalue weighted by Gasteiger charge is -2.28. The zero-order valence-corrected chi connectivity index (χ0v) is 19.2. The molecule has 1 fully saturated rings. The van der Waals surface area contributed by atoms with Crippen molar-refractivity contribution in [3.8, 4) is 0 Å². The van der Waals surface area contributed by atoms with E-state index in [1.807, 2.05) is 43.5 Å². The topological polar surface area (TPSA) is 119 Å². The van der Waals surface area contributed by atoms with Crippen LogP contribution in [0.15, 0.2) is 35.4 Å². The summed E-state index contributed by atoms with van der Waals surface area (Å²) in [5.41, 5.74) is 8.59. The Bertz CT molecular complexity index is 1170. The number of pyridine rings is 1. The van der Waals surface area contributed by atoms with E-state index in [0.717, 1.165) is 34.9 Å². The van der Waals surface area contributed by atoms with Crippen LogP contribution in [0.1, 0.15) is 56.5 Å². The number of aromatic nitrogens is 3. The Labute approximate surface area is 188 Å². The number of nitrogens with one attached hydrogen (secondary N) is 2. The van der Waals surface area contributed by atoms with Crippen molar-refractivity contribution in [1.29, 1.82) is 5.41 Å². The van der Waals surface area contributed by atoms with E-state index in [4.69, 9.17) is 15.9 Å².